The van der Waals surface area contributed by atoms with E-state index in [2.05, 4.69) is 52.8 Å². The van der Waals surface area contributed by atoms with Gasteiger partial charge in [0.05, 0.1) is 0 Å². The summed E-state index contributed by atoms with van der Waals surface area (Å²) in [6.07, 6.45) is 5.24. The molecule has 2 fully saturated rings. The number of hydrogen-bond donors (Lipinski definition) is 1. The molecule has 0 amide bonds. The van der Waals surface area contributed by atoms with E-state index >= 15 is 0 Å². The summed E-state index contributed by atoms with van der Waals surface area (Å²) in [5, 5.41) is 3.66. The van der Waals surface area contributed by atoms with Crippen molar-refractivity contribution in [3.8, 4) is 0 Å². The van der Waals surface area contributed by atoms with E-state index in [9.17, 15) is 0 Å². The van der Waals surface area contributed by atoms with Crippen molar-refractivity contribution in [2.45, 2.75) is 46.5 Å². The fraction of sp³-hybridized carbons (Fsp3) is 0.950. The lowest BCUT2D eigenvalue weighted by molar-refractivity contribution is 0.135. The minimum atomic E-state index is 0. The summed E-state index contributed by atoms with van der Waals surface area (Å²) in [5.74, 6) is 1.75. The van der Waals surface area contributed by atoms with Gasteiger partial charge in [-0.1, -0.05) is 27.2 Å². The molecule has 0 radical (unpaired) electrons. The van der Waals surface area contributed by atoms with Crippen LogP contribution >= 0.6 is 24.0 Å². The van der Waals surface area contributed by atoms with Gasteiger partial charge in [-0.2, -0.15) is 0 Å². The molecule has 6 heteroatoms. The Hall–Kier alpha value is -0.0800. The highest BCUT2D eigenvalue weighted by Gasteiger charge is 2.31. The molecule has 2 aliphatic rings. The zero-order valence-electron chi connectivity index (χ0n) is 17.8. The topological polar surface area (TPSA) is 34.1 Å². The fourth-order valence-electron chi connectivity index (χ4n) is 4.44. The lowest BCUT2D eigenvalue weighted by Crippen LogP contribution is -2.51. The van der Waals surface area contributed by atoms with Crippen LogP contribution in [0.3, 0.4) is 0 Å². The van der Waals surface area contributed by atoms with Gasteiger partial charge >= 0.3 is 0 Å². The minimum absolute atomic E-state index is 0. The molecule has 0 bridgehead atoms. The molecule has 26 heavy (non-hydrogen) atoms. The lowest BCUT2D eigenvalue weighted by atomic mass is 9.78. The summed E-state index contributed by atoms with van der Waals surface area (Å²) in [5.41, 5.74) is 0.454. The number of nitrogens with zero attached hydrogens (tertiary/aromatic N) is 4. The number of nitrogens with one attached hydrogen (secondary N) is 1. The zero-order chi connectivity index (χ0) is 18.3. The van der Waals surface area contributed by atoms with Gasteiger partial charge < -0.3 is 20.0 Å². The van der Waals surface area contributed by atoms with Gasteiger partial charge in [-0.3, -0.25) is 4.99 Å². The van der Waals surface area contributed by atoms with Crippen molar-refractivity contribution in [2.24, 2.45) is 16.3 Å². The van der Waals surface area contributed by atoms with E-state index in [0.29, 0.717) is 11.3 Å². The van der Waals surface area contributed by atoms with Crippen molar-refractivity contribution in [3.05, 3.63) is 0 Å². The van der Waals surface area contributed by atoms with E-state index in [1.54, 1.807) is 0 Å². The molecular weight excluding hydrogens is 437 g/mol. The Labute approximate surface area is 179 Å². The van der Waals surface area contributed by atoms with E-state index in [1.165, 1.54) is 58.4 Å². The Morgan fingerprint density at radius 3 is 2.50 bits per heavy atom. The van der Waals surface area contributed by atoms with Gasteiger partial charge in [-0.05, 0) is 37.6 Å². The fourth-order valence-corrected chi connectivity index (χ4v) is 4.44. The average Bonchev–Trinajstić information content (AvgIpc) is 2.57. The van der Waals surface area contributed by atoms with Crippen LogP contribution < -0.4 is 5.32 Å². The maximum absolute atomic E-state index is 4.58. The highest BCUT2D eigenvalue weighted by molar-refractivity contribution is 14.0. The molecule has 2 rings (SSSR count). The average molecular weight is 479 g/mol. The van der Waals surface area contributed by atoms with Gasteiger partial charge in [-0.15, -0.1) is 24.0 Å². The summed E-state index contributed by atoms with van der Waals surface area (Å²) in [6, 6.07) is 0. The van der Waals surface area contributed by atoms with Crippen LogP contribution in [0, 0.1) is 11.3 Å². The van der Waals surface area contributed by atoms with Crippen molar-refractivity contribution >= 4 is 29.9 Å². The normalized spacial score (nSPS) is 27.1. The van der Waals surface area contributed by atoms with Crippen molar-refractivity contribution in [2.75, 3.05) is 66.5 Å². The standard InChI is InChI=1S/C20H41N5.HI/c1-6-8-20(3)9-7-10-25(17-20)19(21-4)22-15-18(2)16-24-13-11-23(5)12-14-24;/h18H,6-17H2,1-5H3,(H,21,22);1H. The Balaban J connectivity index is 0.00000338. The number of hydrogen-bond acceptors (Lipinski definition) is 3. The third-order valence-corrected chi connectivity index (χ3v) is 5.92. The SMILES string of the molecule is CCCC1(C)CCCN(C(=NC)NCC(C)CN2CCN(C)CC2)C1.I. The second-order valence-electron chi connectivity index (χ2n) is 8.72. The molecule has 0 aromatic heterocycles. The molecule has 2 saturated heterocycles. The lowest BCUT2D eigenvalue weighted by Gasteiger charge is -2.42. The molecule has 0 aromatic carbocycles. The molecule has 0 aliphatic carbocycles. The van der Waals surface area contributed by atoms with Crippen molar-refractivity contribution in [1.82, 2.24) is 20.0 Å². The first kappa shape index (κ1) is 24.0. The molecule has 5 nitrogen and oxygen atoms in total. The summed E-state index contributed by atoms with van der Waals surface area (Å²) in [4.78, 5) is 12.1. The number of likely N-dealkylation sites (N-methyl/N-ethyl adjacent to an activating group) is 1. The second kappa shape index (κ2) is 11.7. The number of aliphatic imine (C=N–C) groups is 1. The van der Waals surface area contributed by atoms with Crippen LogP contribution in [0.5, 0.6) is 0 Å². The van der Waals surface area contributed by atoms with Crippen LogP contribution in [0.1, 0.15) is 46.5 Å². The predicted molar refractivity (Wildman–Crippen MR) is 124 cm³/mol. The van der Waals surface area contributed by atoms with Crippen LogP contribution in [0.4, 0.5) is 0 Å². The number of guanidine groups is 1. The van der Waals surface area contributed by atoms with Gasteiger partial charge in [0.2, 0.25) is 0 Å². The summed E-state index contributed by atoms with van der Waals surface area (Å²) in [7, 11) is 4.15. The molecule has 0 saturated carbocycles. The second-order valence-corrected chi connectivity index (χ2v) is 8.72. The van der Waals surface area contributed by atoms with Crippen LogP contribution in [0.25, 0.3) is 0 Å². The molecule has 2 atom stereocenters. The first-order valence-corrected chi connectivity index (χ1v) is 10.3. The highest BCUT2D eigenvalue weighted by Crippen LogP contribution is 2.33. The monoisotopic (exact) mass is 479 g/mol. The van der Waals surface area contributed by atoms with Crippen LogP contribution in [0.2, 0.25) is 0 Å². The van der Waals surface area contributed by atoms with Gasteiger partial charge in [-0.25, -0.2) is 0 Å². The van der Waals surface area contributed by atoms with Gasteiger partial charge in [0.25, 0.3) is 0 Å². The predicted octanol–water partition coefficient (Wildman–Crippen LogP) is 2.97. The van der Waals surface area contributed by atoms with Crippen LogP contribution in [-0.4, -0.2) is 87.1 Å². The van der Waals surface area contributed by atoms with E-state index in [0.717, 1.165) is 25.6 Å². The van der Waals surface area contributed by atoms with Gasteiger partial charge in [0, 0.05) is 59.4 Å². The molecular formula is C20H42IN5. The Morgan fingerprint density at radius 1 is 1.19 bits per heavy atom. The third kappa shape index (κ3) is 7.50. The van der Waals surface area contributed by atoms with Crippen LogP contribution in [0.15, 0.2) is 4.99 Å². The van der Waals surface area contributed by atoms with Crippen LogP contribution in [-0.2, 0) is 0 Å². The third-order valence-electron chi connectivity index (χ3n) is 5.92. The molecule has 1 N–H and O–H groups in total. The van der Waals surface area contributed by atoms with E-state index in [-0.39, 0.29) is 24.0 Å². The molecule has 154 valence electrons. The maximum Gasteiger partial charge on any atom is 0.193 e. The van der Waals surface area contributed by atoms with E-state index in [1.807, 2.05) is 7.05 Å². The Bertz CT molecular complexity index is 418. The summed E-state index contributed by atoms with van der Waals surface area (Å²) in [6.45, 7) is 16.4. The van der Waals surface area contributed by atoms with Gasteiger partial charge in [0.15, 0.2) is 5.96 Å². The number of piperidine rings is 1. The molecule has 0 aromatic rings. The number of halogens is 1. The minimum Gasteiger partial charge on any atom is -0.356 e. The molecule has 2 heterocycles. The van der Waals surface area contributed by atoms with E-state index in [4.69, 9.17) is 0 Å². The smallest absolute Gasteiger partial charge is 0.193 e. The van der Waals surface area contributed by atoms with Crippen molar-refractivity contribution in [3.63, 3.8) is 0 Å². The van der Waals surface area contributed by atoms with E-state index < -0.39 is 0 Å². The highest BCUT2D eigenvalue weighted by atomic mass is 127. The number of rotatable bonds is 6. The Morgan fingerprint density at radius 2 is 1.88 bits per heavy atom. The molecule has 0 spiro atoms. The first-order valence-electron chi connectivity index (χ1n) is 10.3. The molecule has 2 unspecified atom stereocenters. The number of likely N-dealkylation sites (tertiary alicyclic amines) is 1. The van der Waals surface area contributed by atoms with Crippen molar-refractivity contribution < 1.29 is 0 Å². The maximum atomic E-state index is 4.58. The zero-order valence-corrected chi connectivity index (χ0v) is 20.1. The van der Waals surface area contributed by atoms with Gasteiger partial charge in [0.1, 0.15) is 0 Å². The largest absolute Gasteiger partial charge is 0.356 e. The summed E-state index contributed by atoms with van der Waals surface area (Å²) < 4.78 is 0. The number of piperazine rings is 1. The Kier molecular flexibility index (Phi) is 10.8. The summed E-state index contributed by atoms with van der Waals surface area (Å²) >= 11 is 0. The van der Waals surface area contributed by atoms with Crippen molar-refractivity contribution in [1.29, 1.82) is 0 Å². The molecule has 2 aliphatic heterocycles. The first-order chi connectivity index (χ1) is 12.0. The quantitative estimate of drug-likeness (QED) is 0.361.